The molecule has 5 nitrogen and oxygen atoms in total. The lowest BCUT2D eigenvalue weighted by Crippen LogP contribution is -2.49. The summed E-state index contributed by atoms with van der Waals surface area (Å²) in [5.74, 6) is 3.32. The number of rotatable bonds is 4. The van der Waals surface area contributed by atoms with Crippen LogP contribution in [-0.4, -0.2) is 28.8 Å². The average molecular weight is 483 g/mol. The highest BCUT2D eigenvalue weighted by Gasteiger charge is 2.57. The molecular formula is C26H34O5Si2. The van der Waals surface area contributed by atoms with Crippen molar-refractivity contribution in [1.29, 1.82) is 0 Å². The average Bonchev–Trinajstić information content (AvgIpc) is 2.98. The predicted octanol–water partition coefficient (Wildman–Crippen LogP) is 6.66. The third kappa shape index (κ3) is 4.00. The van der Waals surface area contributed by atoms with Gasteiger partial charge in [-0.1, -0.05) is 0 Å². The van der Waals surface area contributed by atoms with Crippen LogP contribution in [0.15, 0.2) is 36.4 Å². The van der Waals surface area contributed by atoms with Crippen molar-refractivity contribution in [2.75, 3.05) is 6.61 Å². The van der Waals surface area contributed by atoms with Crippen molar-refractivity contribution in [3.05, 3.63) is 53.1 Å². The van der Waals surface area contributed by atoms with Gasteiger partial charge in [0.2, 0.25) is 8.32 Å². The largest absolute Gasteiger partial charge is 0.544 e. The van der Waals surface area contributed by atoms with Crippen LogP contribution in [0.5, 0.6) is 23.0 Å². The highest BCUT2D eigenvalue weighted by molar-refractivity contribution is 6.70. The van der Waals surface area contributed by atoms with E-state index in [2.05, 4.69) is 77.4 Å². The number of hydrogen-bond donors (Lipinski definition) is 0. The fraction of sp³-hybridized carbons (Fsp3) is 0.462. The molecule has 0 aliphatic carbocycles. The molecule has 3 aliphatic rings. The van der Waals surface area contributed by atoms with Crippen LogP contribution in [0.3, 0.4) is 0 Å². The van der Waals surface area contributed by atoms with Gasteiger partial charge in [-0.2, -0.15) is 0 Å². The topological polar surface area (TPSA) is 46.2 Å². The van der Waals surface area contributed by atoms with Crippen molar-refractivity contribution in [3.8, 4) is 23.0 Å². The Kier molecular flexibility index (Phi) is 4.88. The van der Waals surface area contributed by atoms with E-state index >= 15 is 0 Å². The van der Waals surface area contributed by atoms with Crippen LogP contribution < -0.4 is 18.6 Å². The van der Waals surface area contributed by atoms with Crippen LogP contribution in [0.25, 0.3) is 6.08 Å². The zero-order valence-corrected chi connectivity index (χ0v) is 22.9. The lowest BCUT2D eigenvalue weighted by Gasteiger charge is -2.42. The van der Waals surface area contributed by atoms with Crippen LogP contribution in [0.1, 0.15) is 36.6 Å². The lowest BCUT2D eigenvalue weighted by molar-refractivity contribution is -0.0722. The standard InChI is InChI=1S/C26H34O5Si2/c1-25(2)14-13-18-21(29-25)12-11-20-23(18)28-24-19-10-9-17(30-32(3,4)5)15-22(19)27-16-26(20,24)31-33(6,7)8/h9-15,24H,16H2,1-8H3/t24-,26+/m0/s1. The molecule has 5 rings (SSSR count). The van der Waals surface area contributed by atoms with Gasteiger partial charge in [0.15, 0.2) is 20.0 Å². The van der Waals surface area contributed by atoms with E-state index in [9.17, 15) is 0 Å². The molecule has 176 valence electrons. The molecule has 2 aromatic carbocycles. The highest BCUT2D eigenvalue weighted by atomic mass is 28.4. The number of ether oxygens (including phenoxy) is 3. The third-order valence-corrected chi connectivity index (χ3v) is 7.74. The molecule has 0 fully saturated rings. The molecule has 0 aromatic heterocycles. The molecule has 0 radical (unpaired) electrons. The fourth-order valence-electron chi connectivity index (χ4n) is 4.85. The van der Waals surface area contributed by atoms with E-state index in [0.717, 1.165) is 39.7 Å². The summed E-state index contributed by atoms with van der Waals surface area (Å²) < 4.78 is 32.5. The van der Waals surface area contributed by atoms with Crippen molar-refractivity contribution in [2.45, 2.75) is 70.4 Å². The summed E-state index contributed by atoms with van der Waals surface area (Å²) in [4.78, 5) is 0. The van der Waals surface area contributed by atoms with E-state index in [4.69, 9.17) is 23.1 Å². The summed E-state index contributed by atoms with van der Waals surface area (Å²) in [6.07, 6.45) is 3.90. The molecule has 0 saturated heterocycles. The van der Waals surface area contributed by atoms with Gasteiger partial charge in [0.25, 0.3) is 0 Å². The van der Waals surface area contributed by atoms with Gasteiger partial charge in [-0.25, -0.2) is 0 Å². The first kappa shape index (κ1) is 22.6. The van der Waals surface area contributed by atoms with Gasteiger partial charge in [0, 0.05) is 17.2 Å². The molecule has 0 spiro atoms. The Morgan fingerprint density at radius 1 is 0.939 bits per heavy atom. The highest BCUT2D eigenvalue weighted by Crippen LogP contribution is 2.59. The molecule has 0 N–H and O–H groups in total. The molecule has 3 aliphatic heterocycles. The van der Waals surface area contributed by atoms with Gasteiger partial charge in [0.1, 0.15) is 35.2 Å². The van der Waals surface area contributed by atoms with Gasteiger partial charge < -0.3 is 23.1 Å². The maximum absolute atomic E-state index is 6.92. The Hall–Kier alpha value is -2.23. The minimum absolute atomic E-state index is 0.293. The summed E-state index contributed by atoms with van der Waals surface area (Å²) in [5.41, 5.74) is 1.97. The molecule has 0 unspecified atom stereocenters. The SMILES string of the molecule is CC1(C)C=Cc2c(ccc3c2O[C@H]2c4ccc(O[Si](C)(C)C)cc4OC[C@@]32O[Si](C)(C)C)O1. The van der Waals surface area contributed by atoms with Gasteiger partial charge in [-0.3, -0.25) is 0 Å². The second-order valence-electron chi connectivity index (χ2n) is 11.7. The van der Waals surface area contributed by atoms with E-state index in [1.54, 1.807) is 0 Å². The Morgan fingerprint density at radius 2 is 1.70 bits per heavy atom. The van der Waals surface area contributed by atoms with Crippen molar-refractivity contribution in [1.82, 2.24) is 0 Å². The van der Waals surface area contributed by atoms with Crippen molar-refractivity contribution >= 4 is 22.7 Å². The van der Waals surface area contributed by atoms with Gasteiger partial charge in [-0.15, -0.1) is 0 Å². The Bertz CT molecular complexity index is 1140. The maximum Gasteiger partial charge on any atom is 0.242 e. The van der Waals surface area contributed by atoms with Gasteiger partial charge in [-0.05, 0) is 89.5 Å². The Morgan fingerprint density at radius 3 is 2.39 bits per heavy atom. The number of fused-ring (bicyclic) bond motifs is 7. The van der Waals surface area contributed by atoms with E-state index in [1.807, 2.05) is 18.2 Å². The first-order chi connectivity index (χ1) is 15.3. The fourth-order valence-corrected chi connectivity index (χ4v) is 7.06. The maximum atomic E-state index is 6.92. The second-order valence-corrected chi connectivity index (χ2v) is 20.6. The quantitative estimate of drug-likeness (QED) is 0.456. The van der Waals surface area contributed by atoms with Crippen LogP contribution >= 0.6 is 0 Å². The molecule has 0 saturated carbocycles. The number of hydrogen-bond acceptors (Lipinski definition) is 5. The molecule has 2 aromatic rings. The Labute approximate surface area is 198 Å². The second kappa shape index (κ2) is 7.14. The van der Waals surface area contributed by atoms with Crippen LogP contribution in [0.2, 0.25) is 39.3 Å². The lowest BCUT2D eigenvalue weighted by atomic mass is 9.84. The van der Waals surface area contributed by atoms with Crippen molar-refractivity contribution < 1.29 is 23.1 Å². The monoisotopic (exact) mass is 482 g/mol. The Balaban J connectivity index is 1.62. The molecule has 0 bridgehead atoms. The number of benzene rings is 2. The summed E-state index contributed by atoms with van der Waals surface area (Å²) in [5, 5.41) is 0. The summed E-state index contributed by atoms with van der Waals surface area (Å²) >= 11 is 0. The minimum Gasteiger partial charge on any atom is -0.544 e. The van der Waals surface area contributed by atoms with E-state index in [0.29, 0.717) is 6.61 Å². The third-order valence-electron chi connectivity index (χ3n) is 5.92. The molecule has 2 atom stereocenters. The summed E-state index contributed by atoms with van der Waals surface area (Å²) in [6.45, 7) is 17.7. The first-order valence-electron chi connectivity index (χ1n) is 11.6. The normalized spacial score (nSPS) is 24.4. The minimum atomic E-state index is -1.96. The molecule has 33 heavy (non-hydrogen) atoms. The molecular weight excluding hydrogens is 448 g/mol. The molecule has 3 heterocycles. The smallest absolute Gasteiger partial charge is 0.242 e. The summed E-state index contributed by atoms with van der Waals surface area (Å²) in [6, 6.07) is 10.2. The zero-order chi connectivity index (χ0) is 23.8. The van der Waals surface area contributed by atoms with Gasteiger partial charge in [0.05, 0.1) is 5.56 Å². The molecule has 7 heteroatoms. The predicted molar refractivity (Wildman–Crippen MR) is 136 cm³/mol. The van der Waals surface area contributed by atoms with Crippen molar-refractivity contribution in [2.24, 2.45) is 0 Å². The van der Waals surface area contributed by atoms with E-state index in [1.165, 1.54) is 0 Å². The van der Waals surface area contributed by atoms with E-state index in [-0.39, 0.29) is 11.7 Å². The van der Waals surface area contributed by atoms with Crippen LogP contribution in [0, 0.1) is 0 Å². The van der Waals surface area contributed by atoms with E-state index < -0.39 is 22.2 Å². The van der Waals surface area contributed by atoms with Crippen molar-refractivity contribution in [3.63, 3.8) is 0 Å². The molecule has 0 amide bonds. The zero-order valence-electron chi connectivity index (χ0n) is 20.9. The van der Waals surface area contributed by atoms with Gasteiger partial charge >= 0.3 is 0 Å². The summed E-state index contributed by atoms with van der Waals surface area (Å²) in [7, 11) is -3.68. The van der Waals surface area contributed by atoms with Crippen LogP contribution in [0.4, 0.5) is 0 Å². The first-order valence-corrected chi connectivity index (χ1v) is 18.5. The van der Waals surface area contributed by atoms with Crippen LogP contribution in [-0.2, 0) is 10.0 Å².